The molecule has 23 heavy (non-hydrogen) atoms. The van der Waals surface area contributed by atoms with Gasteiger partial charge in [0, 0.05) is 17.3 Å². The Hall–Kier alpha value is -0.0900. The summed E-state index contributed by atoms with van der Waals surface area (Å²) in [5.74, 6) is 5.75. The van der Waals surface area contributed by atoms with E-state index in [4.69, 9.17) is 0 Å². The summed E-state index contributed by atoms with van der Waals surface area (Å²) in [5.41, 5.74) is 0. The van der Waals surface area contributed by atoms with Crippen molar-refractivity contribution in [3.8, 4) is 11.8 Å². The summed E-state index contributed by atoms with van der Waals surface area (Å²) < 4.78 is 5.61. The van der Waals surface area contributed by atoms with E-state index in [1.54, 1.807) is 4.99 Å². The minimum Gasteiger partial charge on any atom is -0.469 e. The van der Waals surface area contributed by atoms with E-state index >= 15 is 0 Å². The number of allylic oxidation sites excluding steroid dienone is 3. The van der Waals surface area contributed by atoms with Crippen LogP contribution in [0.4, 0.5) is 0 Å². The van der Waals surface area contributed by atoms with Gasteiger partial charge in [0.2, 0.25) is 0 Å². The monoisotopic (exact) mass is 512 g/mol. The van der Waals surface area contributed by atoms with Gasteiger partial charge in [0.25, 0.3) is 0 Å². The van der Waals surface area contributed by atoms with E-state index in [0.29, 0.717) is 25.7 Å². The number of alkyl halides is 1. The van der Waals surface area contributed by atoms with Gasteiger partial charge in [0.05, 0.1) is 13.2 Å². The predicted octanol–water partition coefficient (Wildman–Crippen LogP) is 5.21. The molecule has 6 heteroatoms. The quantitative estimate of drug-likeness (QED) is 0.143. The van der Waals surface area contributed by atoms with Crippen LogP contribution in [0, 0.1) is 11.8 Å². The van der Waals surface area contributed by atoms with Crippen LogP contribution in [-0.4, -0.2) is 29.1 Å². The molecule has 0 aromatic carbocycles. The lowest BCUT2D eigenvalue weighted by Gasteiger charge is -2.11. The third-order valence-electron chi connectivity index (χ3n) is 3.00. The van der Waals surface area contributed by atoms with E-state index in [9.17, 15) is 9.90 Å². The minimum absolute atomic E-state index is 0.213. The average Bonchev–Trinajstić information content (AvgIpc) is 2.53. The summed E-state index contributed by atoms with van der Waals surface area (Å²) in [7, 11) is 1.38. The smallest absolute Gasteiger partial charge is 0.305 e. The first kappa shape index (κ1) is 22.9. The second-order valence-electron chi connectivity index (χ2n) is 4.89. The van der Waals surface area contributed by atoms with Crippen molar-refractivity contribution in [2.45, 2.75) is 55.9 Å². The summed E-state index contributed by atoms with van der Waals surface area (Å²) in [6, 6.07) is 0. The highest BCUT2D eigenvalue weighted by Gasteiger charge is 2.12. The van der Waals surface area contributed by atoms with Crippen molar-refractivity contribution < 1.29 is 14.6 Å². The fourth-order valence-corrected chi connectivity index (χ4v) is 3.13. The van der Waals surface area contributed by atoms with Crippen molar-refractivity contribution in [1.29, 1.82) is 0 Å². The number of hydrogen-bond acceptors (Lipinski definition) is 3. The van der Waals surface area contributed by atoms with Crippen LogP contribution in [0.2, 0.25) is 0 Å². The maximum atomic E-state index is 10.9. The molecule has 2 unspecified atom stereocenters. The summed E-state index contributed by atoms with van der Waals surface area (Å²) >= 11 is 10.1. The molecule has 0 bridgehead atoms. The summed E-state index contributed by atoms with van der Waals surface area (Å²) in [4.78, 5) is 12.5. The fraction of sp³-hybridized carbons (Fsp3) is 0.588. The predicted molar refractivity (Wildman–Crippen MR) is 106 cm³/mol. The van der Waals surface area contributed by atoms with Gasteiger partial charge in [-0.3, -0.25) is 4.79 Å². The Morgan fingerprint density at radius 2 is 2.09 bits per heavy atom. The van der Waals surface area contributed by atoms with Crippen molar-refractivity contribution in [3.05, 3.63) is 21.6 Å². The zero-order chi connectivity index (χ0) is 17.5. The third-order valence-corrected chi connectivity index (χ3v) is 4.70. The van der Waals surface area contributed by atoms with E-state index < -0.39 is 6.10 Å². The molecule has 0 radical (unpaired) electrons. The van der Waals surface area contributed by atoms with Crippen molar-refractivity contribution in [2.24, 2.45) is 0 Å². The minimum atomic E-state index is -0.474. The van der Waals surface area contributed by atoms with Crippen LogP contribution >= 0.6 is 47.8 Å². The molecule has 0 fully saturated rings. The number of aliphatic hydroxyl groups excluding tert-OH is 1. The van der Waals surface area contributed by atoms with Gasteiger partial charge >= 0.3 is 5.97 Å². The van der Waals surface area contributed by atoms with Gasteiger partial charge in [-0.05, 0) is 36.7 Å². The van der Waals surface area contributed by atoms with Crippen molar-refractivity contribution >= 4 is 53.8 Å². The maximum absolute atomic E-state index is 10.9. The van der Waals surface area contributed by atoms with Crippen molar-refractivity contribution in [1.82, 2.24) is 0 Å². The first-order chi connectivity index (χ1) is 11.0. The van der Waals surface area contributed by atoms with Gasteiger partial charge in [-0.25, -0.2) is 0 Å². The summed E-state index contributed by atoms with van der Waals surface area (Å²) in [6.07, 6.45) is 8.91. The van der Waals surface area contributed by atoms with Crippen LogP contribution in [0.5, 0.6) is 0 Å². The SMILES string of the molecule is COC(=O)CCCC#CC(Br)C(O)CCCCC=C(Br)C=CBr. The molecule has 0 aromatic heterocycles. The second kappa shape index (κ2) is 15.4. The molecule has 0 rings (SSSR count). The lowest BCUT2D eigenvalue weighted by molar-refractivity contribution is -0.140. The number of methoxy groups -OCH3 is 1. The van der Waals surface area contributed by atoms with Gasteiger partial charge in [-0.1, -0.05) is 66.2 Å². The molecule has 130 valence electrons. The van der Waals surface area contributed by atoms with Crippen LogP contribution in [0.3, 0.4) is 0 Å². The van der Waals surface area contributed by atoms with Crippen LogP contribution in [0.25, 0.3) is 0 Å². The molecular weight excluding hydrogens is 492 g/mol. The molecule has 0 heterocycles. The highest BCUT2D eigenvalue weighted by Crippen LogP contribution is 2.15. The normalized spacial score (nSPS) is 14.2. The fourth-order valence-electron chi connectivity index (χ4n) is 1.70. The standard InChI is InChI=1S/C17H23Br3O3/c1-23-17(22)11-7-3-5-9-15(20)16(21)10-6-2-4-8-14(19)12-13-18/h8,12-13,15-16,21H,2-4,6-7,10-11H2,1H3. The number of rotatable bonds is 10. The van der Waals surface area contributed by atoms with Crippen LogP contribution in [0.1, 0.15) is 44.9 Å². The van der Waals surface area contributed by atoms with Crippen LogP contribution in [0.15, 0.2) is 21.6 Å². The molecule has 0 aliphatic carbocycles. The Balaban J connectivity index is 3.84. The molecule has 0 aliphatic rings. The van der Waals surface area contributed by atoms with Crippen LogP contribution < -0.4 is 0 Å². The van der Waals surface area contributed by atoms with Gasteiger partial charge in [0.15, 0.2) is 0 Å². The van der Waals surface area contributed by atoms with Crippen molar-refractivity contribution in [2.75, 3.05) is 7.11 Å². The molecular formula is C17H23Br3O3. The van der Waals surface area contributed by atoms with Gasteiger partial charge in [0.1, 0.15) is 4.83 Å². The highest BCUT2D eigenvalue weighted by atomic mass is 79.9. The number of carbonyl (C=O) groups is 1. The Morgan fingerprint density at radius 3 is 2.74 bits per heavy atom. The molecule has 2 atom stereocenters. The Labute approximate surface area is 164 Å². The van der Waals surface area contributed by atoms with Gasteiger partial charge < -0.3 is 9.84 Å². The highest BCUT2D eigenvalue weighted by molar-refractivity contribution is 9.12. The molecule has 0 aliphatic heterocycles. The average molecular weight is 515 g/mol. The van der Waals surface area contributed by atoms with E-state index in [1.807, 2.05) is 6.08 Å². The first-order valence-corrected chi connectivity index (χ1v) is 10.1. The van der Waals surface area contributed by atoms with Crippen LogP contribution in [-0.2, 0) is 9.53 Å². The molecule has 0 saturated heterocycles. The van der Waals surface area contributed by atoms with E-state index in [2.05, 4.69) is 70.4 Å². The number of esters is 1. The van der Waals surface area contributed by atoms with E-state index in [1.165, 1.54) is 7.11 Å². The number of aliphatic hydroxyl groups is 1. The number of unbranched alkanes of at least 4 members (excludes halogenated alkanes) is 3. The van der Waals surface area contributed by atoms with E-state index in [-0.39, 0.29) is 10.8 Å². The zero-order valence-electron chi connectivity index (χ0n) is 13.2. The molecule has 0 amide bonds. The van der Waals surface area contributed by atoms with Gasteiger partial charge in [-0.2, -0.15) is 0 Å². The summed E-state index contributed by atoms with van der Waals surface area (Å²) in [5, 5.41) is 10.0. The number of hydrogen-bond donors (Lipinski definition) is 1. The van der Waals surface area contributed by atoms with Gasteiger partial charge in [-0.15, -0.1) is 5.92 Å². The zero-order valence-corrected chi connectivity index (χ0v) is 18.0. The topological polar surface area (TPSA) is 46.5 Å². The lowest BCUT2D eigenvalue weighted by Crippen LogP contribution is -2.18. The largest absolute Gasteiger partial charge is 0.469 e. The first-order valence-electron chi connectivity index (χ1n) is 7.51. The molecule has 0 saturated carbocycles. The Kier molecular flexibility index (Phi) is 15.4. The van der Waals surface area contributed by atoms with Crippen molar-refractivity contribution in [3.63, 3.8) is 0 Å². The Bertz CT molecular complexity index is 450. The number of ether oxygens (including phenoxy) is 1. The molecule has 3 nitrogen and oxygen atoms in total. The molecule has 0 aromatic rings. The molecule has 1 N–H and O–H groups in total. The third kappa shape index (κ3) is 14.0. The molecule has 0 spiro atoms. The lowest BCUT2D eigenvalue weighted by atomic mass is 10.1. The summed E-state index contributed by atoms with van der Waals surface area (Å²) in [6.45, 7) is 0. The second-order valence-corrected chi connectivity index (χ2v) is 7.32. The van der Waals surface area contributed by atoms with E-state index in [0.717, 1.165) is 23.7 Å². The maximum Gasteiger partial charge on any atom is 0.305 e. The number of carbonyl (C=O) groups excluding carboxylic acids is 1. The Morgan fingerprint density at radius 1 is 1.35 bits per heavy atom. The number of halogens is 3.